The number of hydrogen-bond donors (Lipinski definition) is 5. The van der Waals surface area contributed by atoms with Crippen molar-refractivity contribution in [3.63, 3.8) is 0 Å². The number of rotatable bonds is 8. The number of hydrogen-bond acceptors (Lipinski definition) is 6. The average Bonchev–Trinajstić information content (AvgIpc) is 2.77. The van der Waals surface area contributed by atoms with E-state index in [4.69, 9.17) is 16.7 Å². The van der Waals surface area contributed by atoms with Gasteiger partial charge in [0.25, 0.3) is 5.91 Å². The quantitative estimate of drug-likeness (QED) is 0.321. The van der Waals surface area contributed by atoms with Gasteiger partial charge in [0.15, 0.2) is 0 Å². The van der Waals surface area contributed by atoms with Crippen molar-refractivity contribution < 1.29 is 27.8 Å². The van der Waals surface area contributed by atoms with Crippen LogP contribution >= 0.6 is 11.6 Å². The lowest BCUT2D eigenvalue weighted by atomic mass is 10.1. The number of aromatic nitrogens is 1. The van der Waals surface area contributed by atoms with E-state index in [2.05, 4.69) is 10.3 Å². The van der Waals surface area contributed by atoms with Crippen LogP contribution in [0.4, 0.5) is 4.39 Å². The number of aromatic amines is 1. The Morgan fingerprint density at radius 3 is 2.56 bits per heavy atom. The molecule has 1 atom stereocenters. The number of carbonyl (C=O) groups excluding carboxylic acids is 1. The molecule has 5 N–H and O–H groups in total. The van der Waals surface area contributed by atoms with E-state index in [1.54, 1.807) is 24.3 Å². The van der Waals surface area contributed by atoms with Gasteiger partial charge < -0.3 is 20.5 Å². The number of carbonyl (C=O) groups is 1. The lowest BCUT2D eigenvalue weighted by Crippen LogP contribution is -2.34. The fraction of sp³-hybridized carbons (Fsp3) is 0.200. The number of halogens is 2. The molecule has 0 aliphatic carbocycles. The molecule has 1 heterocycles. The van der Waals surface area contributed by atoms with Crippen LogP contribution in [0.25, 0.3) is 10.9 Å². The van der Waals surface area contributed by atoms with E-state index < -0.39 is 51.3 Å². The Morgan fingerprint density at radius 1 is 1.22 bits per heavy atom. The molecule has 0 saturated carbocycles. The second kappa shape index (κ2) is 9.76. The molecule has 9 nitrogen and oxygen atoms in total. The van der Waals surface area contributed by atoms with Crippen molar-refractivity contribution in [2.45, 2.75) is 17.5 Å². The van der Waals surface area contributed by atoms with Crippen molar-refractivity contribution in [1.29, 1.82) is 0 Å². The van der Waals surface area contributed by atoms with Crippen LogP contribution in [-0.2, 0) is 16.6 Å². The minimum Gasteiger partial charge on any atom is -0.394 e. The van der Waals surface area contributed by atoms with E-state index in [-0.39, 0.29) is 23.0 Å². The van der Waals surface area contributed by atoms with Crippen LogP contribution in [0.2, 0.25) is 5.02 Å². The number of aliphatic hydroxyl groups excluding tert-OH is 2. The maximum absolute atomic E-state index is 14.5. The summed E-state index contributed by atoms with van der Waals surface area (Å²) in [5.74, 6) is -1.75. The molecule has 0 aliphatic heterocycles. The zero-order valence-electron chi connectivity index (χ0n) is 16.4. The monoisotopic (exact) mass is 483 g/mol. The van der Waals surface area contributed by atoms with E-state index in [1.807, 2.05) is 4.72 Å². The number of fused-ring (bicyclic) bond motifs is 1. The van der Waals surface area contributed by atoms with Crippen molar-refractivity contribution in [1.82, 2.24) is 15.0 Å². The minimum atomic E-state index is -4.30. The highest BCUT2D eigenvalue weighted by Gasteiger charge is 2.21. The number of aliphatic hydroxyl groups is 2. The molecule has 0 aliphatic rings. The van der Waals surface area contributed by atoms with Gasteiger partial charge in [0.05, 0.1) is 28.5 Å². The summed E-state index contributed by atoms with van der Waals surface area (Å²) in [6.45, 7) is -1.09. The van der Waals surface area contributed by atoms with Crippen molar-refractivity contribution in [2.24, 2.45) is 0 Å². The molecule has 170 valence electrons. The first-order valence-corrected chi connectivity index (χ1v) is 11.1. The van der Waals surface area contributed by atoms with E-state index in [9.17, 15) is 27.5 Å². The Balaban J connectivity index is 1.91. The molecule has 32 heavy (non-hydrogen) atoms. The SMILES string of the molecule is O=C(NCc1ccc(Cl)cc1)c1c[nH]c2c(F)cc(S(=O)(=O)NCC(O)CO)cc2c1=O. The standard InChI is InChI=1S/C20H19ClFN3O6S/c21-12-3-1-11(2-4-12)7-24-20(29)16-9-23-18-15(19(16)28)5-14(6-17(18)22)32(30,31)25-8-13(27)10-26/h1-6,9,13,25-27H,7-8,10H2,(H,23,28)(H,24,29). The summed E-state index contributed by atoms with van der Waals surface area (Å²) in [6.07, 6.45) is -0.302. The van der Waals surface area contributed by atoms with E-state index >= 15 is 0 Å². The average molecular weight is 484 g/mol. The summed E-state index contributed by atoms with van der Waals surface area (Å²) in [7, 11) is -4.30. The number of H-pyrrole nitrogens is 1. The van der Waals surface area contributed by atoms with Crippen molar-refractivity contribution in [2.75, 3.05) is 13.2 Å². The van der Waals surface area contributed by atoms with E-state index in [0.717, 1.165) is 17.8 Å². The maximum atomic E-state index is 14.5. The lowest BCUT2D eigenvalue weighted by molar-refractivity contribution is 0.0949. The molecule has 1 aromatic heterocycles. The van der Waals surface area contributed by atoms with Crippen molar-refractivity contribution >= 4 is 38.4 Å². The molecule has 3 aromatic rings. The molecule has 0 spiro atoms. The first kappa shape index (κ1) is 23.8. The van der Waals surface area contributed by atoms with Gasteiger partial charge >= 0.3 is 0 Å². The van der Waals surface area contributed by atoms with Crippen LogP contribution in [0.3, 0.4) is 0 Å². The summed E-state index contributed by atoms with van der Waals surface area (Å²) in [4.78, 5) is 27.2. The number of benzene rings is 2. The molecular formula is C20H19ClFN3O6S. The third-order valence-corrected chi connectivity index (χ3v) is 6.21. The molecular weight excluding hydrogens is 465 g/mol. The summed E-state index contributed by atoms with van der Waals surface area (Å²) < 4.78 is 41.3. The predicted octanol–water partition coefficient (Wildman–Crippen LogP) is 0.882. The maximum Gasteiger partial charge on any atom is 0.257 e. The van der Waals surface area contributed by atoms with Gasteiger partial charge in [0, 0.05) is 24.3 Å². The van der Waals surface area contributed by atoms with Crippen LogP contribution < -0.4 is 15.5 Å². The Labute approximate surface area is 186 Å². The predicted molar refractivity (Wildman–Crippen MR) is 115 cm³/mol. The smallest absolute Gasteiger partial charge is 0.257 e. The van der Waals surface area contributed by atoms with Crippen molar-refractivity contribution in [3.05, 3.63) is 74.8 Å². The first-order valence-electron chi connectivity index (χ1n) is 9.28. The summed E-state index contributed by atoms with van der Waals surface area (Å²) in [5.41, 5.74) is -0.725. The molecule has 2 aromatic carbocycles. The zero-order chi connectivity index (χ0) is 23.5. The van der Waals surface area contributed by atoms with Gasteiger partial charge in [-0.3, -0.25) is 9.59 Å². The fourth-order valence-corrected chi connectivity index (χ4v) is 4.06. The third-order valence-electron chi connectivity index (χ3n) is 4.55. The summed E-state index contributed by atoms with van der Waals surface area (Å²) in [6, 6.07) is 8.31. The van der Waals surface area contributed by atoms with Crippen molar-refractivity contribution in [3.8, 4) is 0 Å². The lowest BCUT2D eigenvalue weighted by Gasteiger charge is -2.11. The molecule has 0 radical (unpaired) electrons. The second-order valence-corrected chi connectivity index (χ2v) is 9.06. The summed E-state index contributed by atoms with van der Waals surface area (Å²) >= 11 is 5.81. The van der Waals surface area contributed by atoms with Crippen LogP contribution in [0, 0.1) is 5.82 Å². The largest absolute Gasteiger partial charge is 0.394 e. The topological polar surface area (TPSA) is 149 Å². The van der Waals surface area contributed by atoms with Gasteiger partial charge in [0.2, 0.25) is 15.5 Å². The number of amides is 1. The number of sulfonamides is 1. The Bertz CT molecular complexity index is 1310. The van der Waals surface area contributed by atoms with Gasteiger partial charge in [-0.25, -0.2) is 17.5 Å². The third kappa shape index (κ3) is 5.31. The Morgan fingerprint density at radius 2 is 1.91 bits per heavy atom. The highest BCUT2D eigenvalue weighted by atomic mass is 35.5. The van der Waals surface area contributed by atoms with Gasteiger partial charge in [-0.15, -0.1) is 0 Å². The highest BCUT2D eigenvalue weighted by Crippen LogP contribution is 2.19. The molecule has 1 unspecified atom stereocenters. The molecule has 0 bridgehead atoms. The number of pyridine rings is 1. The van der Waals surface area contributed by atoms with Crippen LogP contribution in [0.15, 0.2) is 52.3 Å². The molecule has 0 fully saturated rings. The van der Waals surface area contributed by atoms with Crippen LogP contribution in [-0.4, -0.2) is 48.8 Å². The Hall–Kier alpha value is -2.83. The first-order chi connectivity index (χ1) is 15.1. The molecule has 1 amide bonds. The molecule has 12 heteroatoms. The zero-order valence-corrected chi connectivity index (χ0v) is 18.0. The minimum absolute atomic E-state index is 0.105. The van der Waals surface area contributed by atoms with Gasteiger partial charge in [0.1, 0.15) is 11.4 Å². The second-order valence-electron chi connectivity index (χ2n) is 6.86. The van der Waals surface area contributed by atoms with Gasteiger partial charge in [-0.05, 0) is 29.8 Å². The Kier molecular flexibility index (Phi) is 7.26. The van der Waals surface area contributed by atoms with Crippen LogP contribution in [0.1, 0.15) is 15.9 Å². The molecule has 0 saturated heterocycles. The summed E-state index contributed by atoms with van der Waals surface area (Å²) in [5, 5.41) is 20.9. The van der Waals surface area contributed by atoms with Gasteiger partial charge in [-0.2, -0.15) is 0 Å². The fourth-order valence-electron chi connectivity index (χ4n) is 2.82. The number of nitrogens with one attached hydrogen (secondary N) is 3. The molecule has 3 rings (SSSR count). The van der Waals surface area contributed by atoms with E-state index in [0.29, 0.717) is 11.1 Å². The highest BCUT2D eigenvalue weighted by molar-refractivity contribution is 7.89. The van der Waals surface area contributed by atoms with E-state index in [1.165, 1.54) is 0 Å². The normalized spacial score (nSPS) is 12.6. The van der Waals surface area contributed by atoms with Gasteiger partial charge in [-0.1, -0.05) is 23.7 Å². The van der Waals surface area contributed by atoms with Crippen LogP contribution in [0.5, 0.6) is 0 Å².